The highest BCUT2D eigenvalue weighted by atomic mass is 79.9. The van der Waals surface area contributed by atoms with Crippen LogP contribution in [0.25, 0.3) is 0 Å². The number of carbonyl (C=O) groups is 1. The lowest BCUT2D eigenvalue weighted by molar-refractivity contribution is 0.0921. The third-order valence-corrected chi connectivity index (χ3v) is 3.54. The molecular formula is C12H17BrClN3O. The number of rotatable bonds is 2. The second-order valence-corrected chi connectivity index (χ2v) is 5.34. The van der Waals surface area contributed by atoms with Crippen LogP contribution in [0.4, 0.5) is 0 Å². The zero-order chi connectivity index (χ0) is 12.3. The lowest BCUT2D eigenvalue weighted by atomic mass is 9.91. The number of nitrogens with one attached hydrogen (secondary N) is 1. The van der Waals surface area contributed by atoms with Crippen molar-refractivity contribution in [2.24, 2.45) is 5.73 Å². The van der Waals surface area contributed by atoms with Crippen molar-refractivity contribution in [3.8, 4) is 0 Å². The van der Waals surface area contributed by atoms with Crippen molar-refractivity contribution in [3.05, 3.63) is 28.5 Å². The molecule has 1 amide bonds. The van der Waals surface area contributed by atoms with E-state index in [2.05, 4.69) is 26.2 Å². The van der Waals surface area contributed by atoms with Crippen molar-refractivity contribution >= 4 is 34.2 Å². The van der Waals surface area contributed by atoms with Crippen LogP contribution in [0.15, 0.2) is 22.9 Å². The third-order valence-electron chi connectivity index (χ3n) is 3.10. The number of carbonyl (C=O) groups excluding carboxylic acids is 1. The first-order valence-electron chi connectivity index (χ1n) is 5.84. The number of hydrogen-bond donors (Lipinski definition) is 2. The van der Waals surface area contributed by atoms with Gasteiger partial charge in [-0.15, -0.1) is 12.4 Å². The Bertz CT molecular complexity index is 416. The summed E-state index contributed by atoms with van der Waals surface area (Å²) in [7, 11) is 0. The van der Waals surface area contributed by atoms with Crippen LogP contribution in [0.2, 0.25) is 0 Å². The lowest BCUT2D eigenvalue weighted by Crippen LogP contribution is -2.49. The molecule has 0 bridgehead atoms. The molecule has 2 rings (SSSR count). The standard InChI is InChI=1S/C12H16BrN3O.ClH/c13-9-5-8(6-15-7-9)12(17)16-11-4-2-1-3-10(11)14;/h5-7,10-11H,1-4,14H2,(H,16,17);1H/t10-,11-;/m1./s1. The van der Waals surface area contributed by atoms with E-state index in [-0.39, 0.29) is 30.4 Å². The Balaban J connectivity index is 0.00000162. The maximum Gasteiger partial charge on any atom is 0.253 e. The minimum absolute atomic E-state index is 0. The molecule has 1 aromatic rings. The predicted molar refractivity (Wildman–Crippen MR) is 76.9 cm³/mol. The van der Waals surface area contributed by atoms with Crippen LogP contribution in [0.3, 0.4) is 0 Å². The van der Waals surface area contributed by atoms with Gasteiger partial charge < -0.3 is 11.1 Å². The molecule has 4 nitrogen and oxygen atoms in total. The van der Waals surface area contributed by atoms with E-state index in [4.69, 9.17) is 5.73 Å². The Morgan fingerprint density at radius 3 is 2.78 bits per heavy atom. The van der Waals surface area contributed by atoms with Crippen molar-refractivity contribution in [3.63, 3.8) is 0 Å². The second-order valence-electron chi connectivity index (χ2n) is 4.42. The van der Waals surface area contributed by atoms with E-state index in [9.17, 15) is 4.79 Å². The zero-order valence-corrected chi connectivity index (χ0v) is 12.3. The topological polar surface area (TPSA) is 68.0 Å². The molecule has 1 saturated carbocycles. The van der Waals surface area contributed by atoms with Crippen LogP contribution < -0.4 is 11.1 Å². The third kappa shape index (κ3) is 3.93. The van der Waals surface area contributed by atoms with Crippen molar-refractivity contribution in [1.82, 2.24) is 10.3 Å². The average molecular weight is 335 g/mol. The fraction of sp³-hybridized carbons (Fsp3) is 0.500. The summed E-state index contributed by atoms with van der Waals surface area (Å²) in [6.45, 7) is 0. The van der Waals surface area contributed by atoms with E-state index in [1.807, 2.05) is 0 Å². The highest BCUT2D eigenvalue weighted by molar-refractivity contribution is 9.10. The van der Waals surface area contributed by atoms with Gasteiger partial charge in [-0.1, -0.05) is 12.8 Å². The van der Waals surface area contributed by atoms with E-state index in [1.165, 1.54) is 0 Å². The van der Waals surface area contributed by atoms with Crippen LogP contribution in [0.5, 0.6) is 0 Å². The molecule has 18 heavy (non-hydrogen) atoms. The Morgan fingerprint density at radius 2 is 2.11 bits per heavy atom. The van der Waals surface area contributed by atoms with E-state index in [0.717, 1.165) is 30.2 Å². The Kier molecular flexibility index (Phi) is 6.05. The minimum Gasteiger partial charge on any atom is -0.348 e. The molecule has 3 N–H and O–H groups in total. The number of aromatic nitrogens is 1. The van der Waals surface area contributed by atoms with Gasteiger partial charge in [-0.3, -0.25) is 9.78 Å². The summed E-state index contributed by atoms with van der Waals surface area (Å²) in [4.78, 5) is 16.0. The van der Waals surface area contributed by atoms with Crippen LogP contribution in [-0.4, -0.2) is 23.0 Å². The zero-order valence-electron chi connectivity index (χ0n) is 9.93. The largest absolute Gasteiger partial charge is 0.348 e. The quantitative estimate of drug-likeness (QED) is 0.872. The van der Waals surface area contributed by atoms with Gasteiger partial charge in [-0.05, 0) is 34.8 Å². The molecule has 0 saturated heterocycles. The Labute approximate surface area is 121 Å². The van der Waals surface area contributed by atoms with Gasteiger partial charge in [0.25, 0.3) is 5.91 Å². The molecule has 0 radical (unpaired) electrons. The van der Waals surface area contributed by atoms with Gasteiger partial charge in [0.05, 0.1) is 5.56 Å². The molecule has 2 atom stereocenters. The molecule has 1 aliphatic carbocycles. The molecule has 6 heteroatoms. The molecule has 0 aromatic carbocycles. The van der Waals surface area contributed by atoms with E-state index in [1.54, 1.807) is 18.5 Å². The average Bonchev–Trinajstić information content (AvgIpc) is 2.32. The molecule has 1 fully saturated rings. The summed E-state index contributed by atoms with van der Waals surface area (Å²) in [6, 6.07) is 1.93. The number of nitrogens with zero attached hydrogens (tertiary/aromatic N) is 1. The predicted octanol–water partition coefficient (Wildman–Crippen LogP) is 2.27. The molecular weight excluding hydrogens is 318 g/mol. The van der Waals surface area contributed by atoms with Crippen LogP contribution >= 0.6 is 28.3 Å². The first-order valence-corrected chi connectivity index (χ1v) is 6.63. The highest BCUT2D eigenvalue weighted by Gasteiger charge is 2.23. The van der Waals surface area contributed by atoms with Crippen LogP contribution in [-0.2, 0) is 0 Å². The summed E-state index contributed by atoms with van der Waals surface area (Å²) in [6.07, 6.45) is 7.47. The van der Waals surface area contributed by atoms with Gasteiger partial charge >= 0.3 is 0 Å². The van der Waals surface area contributed by atoms with Crippen LogP contribution in [0.1, 0.15) is 36.0 Å². The second kappa shape index (κ2) is 7.07. The summed E-state index contributed by atoms with van der Waals surface area (Å²) in [5.74, 6) is -0.0962. The van der Waals surface area contributed by atoms with Crippen molar-refractivity contribution < 1.29 is 4.79 Å². The number of pyridine rings is 1. The molecule has 1 aromatic heterocycles. The van der Waals surface area contributed by atoms with Gasteiger partial charge in [-0.2, -0.15) is 0 Å². The minimum atomic E-state index is -0.0962. The summed E-state index contributed by atoms with van der Waals surface area (Å²) in [5, 5.41) is 2.99. The van der Waals surface area contributed by atoms with E-state index in [0.29, 0.717) is 5.56 Å². The number of hydrogen-bond acceptors (Lipinski definition) is 3. The fourth-order valence-electron chi connectivity index (χ4n) is 2.13. The smallest absolute Gasteiger partial charge is 0.253 e. The first-order chi connectivity index (χ1) is 8.16. The fourth-order valence-corrected chi connectivity index (χ4v) is 2.49. The van der Waals surface area contributed by atoms with E-state index >= 15 is 0 Å². The van der Waals surface area contributed by atoms with Crippen LogP contribution in [0, 0.1) is 0 Å². The van der Waals surface area contributed by atoms with Gasteiger partial charge in [0.1, 0.15) is 0 Å². The monoisotopic (exact) mass is 333 g/mol. The molecule has 0 unspecified atom stereocenters. The lowest BCUT2D eigenvalue weighted by Gasteiger charge is -2.29. The molecule has 1 heterocycles. The normalized spacial score (nSPS) is 23.0. The van der Waals surface area contributed by atoms with Gasteiger partial charge in [0, 0.05) is 29.0 Å². The van der Waals surface area contributed by atoms with Gasteiger partial charge in [0.15, 0.2) is 0 Å². The first kappa shape index (κ1) is 15.4. The number of amides is 1. The molecule has 0 aliphatic heterocycles. The maximum atomic E-state index is 12.0. The van der Waals surface area contributed by atoms with E-state index < -0.39 is 0 Å². The van der Waals surface area contributed by atoms with Crippen molar-refractivity contribution in [2.75, 3.05) is 0 Å². The molecule has 0 spiro atoms. The maximum absolute atomic E-state index is 12.0. The number of nitrogens with two attached hydrogens (primary N) is 1. The van der Waals surface area contributed by atoms with Gasteiger partial charge in [-0.25, -0.2) is 0 Å². The molecule has 1 aliphatic rings. The van der Waals surface area contributed by atoms with Gasteiger partial charge in [0.2, 0.25) is 0 Å². The summed E-state index contributed by atoms with van der Waals surface area (Å²) in [5.41, 5.74) is 6.56. The molecule has 100 valence electrons. The summed E-state index contributed by atoms with van der Waals surface area (Å²) < 4.78 is 0.804. The Hall–Kier alpha value is -0.650. The van der Waals surface area contributed by atoms with Crippen molar-refractivity contribution in [1.29, 1.82) is 0 Å². The summed E-state index contributed by atoms with van der Waals surface area (Å²) >= 11 is 3.30. The number of halogens is 2. The Morgan fingerprint density at radius 1 is 1.39 bits per heavy atom. The highest BCUT2D eigenvalue weighted by Crippen LogP contribution is 2.17. The SMILES string of the molecule is Cl.N[C@@H]1CCCC[C@H]1NC(=O)c1cncc(Br)c1. The van der Waals surface area contributed by atoms with Crippen molar-refractivity contribution in [2.45, 2.75) is 37.8 Å².